The molecular weight excluding hydrogens is 364 g/mol. The van der Waals surface area contributed by atoms with Gasteiger partial charge in [-0.25, -0.2) is 4.98 Å². The van der Waals surface area contributed by atoms with Crippen molar-refractivity contribution in [2.24, 2.45) is 5.92 Å². The molecule has 3 heterocycles. The van der Waals surface area contributed by atoms with E-state index in [1.807, 2.05) is 47.4 Å². The maximum Gasteiger partial charge on any atom is 0.254 e. The van der Waals surface area contributed by atoms with E-state index in [1.165, 1.54) is 0 Å². The maximum atomic E-state index is 13.4. The van der Waals surface area contributed by atoms with Gasteiger partial charge in [-0.15, -0.1) is 0 Å². The molecule has 4 rings (SSSR count). The first kappa shape index (κ1) is 19.1. The summed E-state index contributed by atoms with van der Waals surface area (Å²) in [6.45, 7) is 1.18. The highest BCUT2D eigenvalue weighted by Crippen LogP contribution is 2.27. The summed E-state index contributed by atoms with van der Waals surface area (Å²) in [4.78, 5) is 37.9. The third kappa shape index (κ3) is 3.83. The van der Waals surface area contributed by atoms with Crippen LogP contribution in [0.2, 0.25) is 0 Å². The number of aromatic nitrogens is 2. The van der Waals surface area contributed by atoms with Crippen molar-refractivity contribution in [1.29, 1.82) is 0 Å². The fourth-order valence-electron chi connectivity index (χ4n) is 3.89. The molecule has 2 amide bonds. The zero-order valence-electron chi connectivity index (χ0n) is 16.7. The van der Waals surface area contributed by atoms with E-state index in [4.69, 9.17) is 4.98 Å². The number of likely N-dealkylation sites (tertiary alicyclic amines) is 1. The van der Waals surface area contributed by atoms with Crippen molar-refractivity contribution >= 4 is 22.7 Å². The molecule has 0 N–H and O–H groups in total. The van der Waals surface area contributed by atoms with Crippen molar-refractivity contribution in [3.8, 4) is 11.3 Å². The minimum absolute atomic E-state index is 0.00406. The number of para-hydroxylation sites is 1. The molecule has 6 heteroatoms. The van der Waals surface area contributed by atoms with E-state index in [2.05, 4.69) is 4.98 Å². The second kappa shape index (κ2) is 7.99. The van der Waals surface area contributed by atoms with Crippen LogP contribution >= 0.6 is 0 Å². The fourth-order valence-corrected chi connectivity index (χ4v) is 3.89. The summed E-state index contributed by atoms with van der Waals surface area (Å²) in [6, 6.07) is 13.4. The third-order valence-corrected chi connectivity index (χ3v) is 5.49. The molecule has 0 atom stereocenters. The summed E-state index contributed by atoms with van der Waals surface area (Å²) < 4.78 is 0. The van der Waals surface area contributed by atoms with Crippen molar-refractivity contribution < 1.29 is 9.59 Å². The SMILES string of the molecule is CN(C)C(=O)C1CCN(C(=O)c2cc(-c3ccncc3)nc3ccccc23)CC1. The van der Waals surface area contributed by atoms with Gasteiger partial charge in [-0.3, -0.25) is 14.6 Å². The molecule has 148 valence electrons. The van der Waals surface area contributed by atoms with Crippen LogP contribution in [-0.4, -0.2) is 58.8 Å². The lowest BCUT2D eigenvalue weighted by atomic mass is 9.94. The van der Waals surface area contributed by atoms with Crippen molar-refractivity contribution in [1.82, 2.24) is 19.8 Å². The first-order valence-electron chi connectivity index (χ1n) is 9.85. The van der Waals surface area contributed by atoms with E-state index in [9.17, 15) is 9.59 Å². The molecule has 1 aliphatic heterocycles. The van der Waals surface area contributed by atoms with Crippen LogP contribution in [0.3, 0.4) is 0 Å². The smallest absolute Gasteiger partial charge is 0.254 e. The van der Waals surface area contributed by atoms with Gasteiger partial charge in [0.1, 0.15) is 0 Å². The highest BCUT2D eigenvalue weighted by Gasteiger charge is 2.29. The van der Waals surface area contributed by atoms with E-state index >= 15 is 0 Å². The molecule has 1 aromatic carbocycles. The van der Waals surface area contributed by atoms with Gasteiger partial charge in [0.25, 0.3) is 5.91 Å². The topological polar surface area (TPSA) is 66.4 Å². The second-order valence-corrected chi connectivity index (χ2v) is 7.61. The number of fused-ring (bicyclic) bond motifs is 1. The quantitative estimate of drug-likeness (QED) is 0.691. The normalized spacial score (nSPS) is 14.8. The molecule has 0 bridgehead atoms. The van der Waals surface area contributed by atoms with E-state index in [-0.39, 0.29) is 17.7 Å². The van der Waals surface area contributed by atoms with Crippen LogP contribution in [0.4, 0.5) is 0 Å². The molecule has 2 aromatic heterocycles. The Morgan fingerprint density at radius 1 is 1.03 bits per heavy atom. The second-order valence-electron chi connectivity index (χ2n) is 7.61. The van der Waals surface area contributed by atoms with Gasteiger partial charge >= 0.3 is 0 Å². The first-order chi connectivity index (χ1) is 14.0. The summed E-state index contributed by atoms with van der Waals surface area (Å²) in [6.07, 6.45) is 4.84. The van der Waals surface area contributed by atoms with Crippen LogP contribution in [0.25, 0.3) is 22.2 Å². The van der Waals surface area contributed by atoms with Gasteiger partial charge < -0.3 is 9.80 Å². The number of carbonyl (C=O) groups is 2. The monoisotopic (exact) mass is 388 g/mol. The van der Waals surface area contributed by atoms with Gasteiger partial charge in [0.05, 0.1) is 16.8 Å². The van der Waals surface area contributed by atoms with Crippen LogP contribution in [0, 0.1) is 5.92 Å². The predicted octanol–water partition coefficient (Wildman–Crippen LogP) is 3.24. The molecule has 0 aliphatic carbocycles. The van der Waals surface area contributed by atoms with Crippen molar-refractivity contribution in [3.05, 3.63) is 60.4 Å². The lowest BCUT2D eigenvalue weighted by Gasteiger charge is -2.32. The number of hydrogen-bond acceptors (Lipinski definition) is 4. The molecule has 3 aromatic rings. The van der Waals surface area contributed by atoms with Gasteiger partial charge in [-0.05, 0) is 37.1 Å². The lowest BCUT2D eigenvalue weighted by Crippen LogP contribution is -2.42. The summed E-state index contributed by atoms with van der Waals surface area (Å²) in [5.41, 5.74) is 3.13. The molecule has 0 unspecified atom stereocenters. The number of benzene rings is 1. The molecule has 1 aliphatic rings. The van der Waals surface area contributed by atoms with Crippen molar-refractivity contribution in [2.75, 3.05) is 27.2 Å². The Hall–Kier alpha value is -3.28. The van der Waals surface area contributed by atoms with Gasteiger partial charge in [0, 0.05) is 56.4 Å². The summed E-state index contributed by atoms with van der Waals surface area (Å²) in [5.74, 6) is 0.136. The number of carbonyl (C=O) groups excluding carboxylic acids is 2. The Labute approximate surface area is 170 Å². The Bertz CT molecular complexity index is 1040. The Morgan fingerprint density at radius 3 is 2.41 bits per heavy atom. The van der Waals surface area contributed by atoms with Crippen LogP contribution in [-0.2, 0) is 4.79 Å². The first-order valence-corrected chi connectivity index (χ1v) is 9.85. The summed E-state index contributed by atoms with van der Waals surface area (Å²) in [5, 5.41) is 0.849. The van der Waals surface area contributed by atoms with Gasteiger partial charge in [0.2, 0.25) is 5.91 Å². The number of nitrogens with zero attached hydrogens (tertiary/aromatic N) is 4. The third-order valence-electron chi connectivity index (χ3n) is 5.49. The Morgan fingerprint density at radius 2 is 1.72 bits per heavy atom. The highest BCUT2D eigenvalue weighted by molar-refractivity contribution is 6.07. The zero-order chi connectivity index (χ0) is 20.4. The molecule has 0 spiro atoms. The predicted molar refractivity (Wildman–Crippen MR) is 112 cm³/mol. The van der Waals surface area contributed by atoms with Gasteiger partial charge in [-0.2, -0.15) is 0 Å². The molecule has 0 radical (unpaired) electrons. The number of piperidine rings is 1. The number of amides is 2. The Balaban J connectivity index is 1.65. The minimum Gasteiger partial charge on any atom is -0.349 e. The number of pyridine rings is 2. The fraction of sp³-hybridized carbons (Fsp3) is 0.304. The van der Waals surface area contributed by atoms with Crippen molar-refractivity contribution in [2.45, 2.75) is 12.8 Å². The summed E-state index contributed by atoms with van der Waals surface area (Å²) in [7, 11) is 3.56. The van der Waals surface area contributed by atoms with E-state index < -0.39 is 0 Å². The largest absolute Gasteiger partial charge is 0.349 e. The maximum absolute atomic E-state index is 13.4. The molecule has 0 saturated carbocycles. The summed E-state index contributed by atoms with van der Waals surface area (Å²) >= 11 is 0. The number of rotatable bonds is 3. The van der Waals surface area contributed by atoms with E-state index in [0.717, 1.165) is 22.2 Å². The van der Waals surface area contributed by atoms with E-state index in [0.29, 0.717) is 31.5 Å². The van der Waals surface area contributed by atoms with Crippen LogP contribution in [0.5, 0.6) is 0 Å². The number of hydrogen-bond donors (Lipinski definition) is 0. The molecule has 29 heavy (non-hydrogen) atoms. The lowest BCUT2D eigenvalue weighted by molar-refractivity contribution is -0.134. The average molecular weight is 388 g/mol. The average Bonchev–Trinajstić information content (AvgIpc) is 2.78. The van der Waals surface area contributed by atoms with E-state index in [1.54, 1.807) is 31.4 Å². The standard InChI is InChI=1S/C23H24N4O2/c1-26(2)22(28)17-9-13-27(14-10-17)23(29)19-15-21(16-7-11-24-12-8-16)25-20-6-4-3-5-18(19)20/h3-8,11-12,15,17H,9-10,13-14H2,1-2H3. The van der Waals surface area contributed by atoms with Crippen LogP contribution in [0.15, 0.2) is 54.9 Å². The minimum atomic E-state index is -0.00495. The highest BCUT2D eigenvalue weighted by atomic mass is 16.2. The Kier molecular flexibility index (Phi) is 5.25. The molecule has 1 saturated heterocycles. The molecule has 6 nitrogen and oxygen atoms in total. The van der Waals surface area contributed by atoms with Gasteiger partial charge in [-0.1, -0.05) is 18.2 Å². The zero-order valence-corrected chi connectivity index (χ0v) is 16.7. The van der Waals surface area contributed by atoms with Gasteiger partial charge in [0.15, 0.2) is 0 Å². The molecule has 1 fully saturated rings. The van der Waals surface area contributed by atoms with Crippen molar-refractivity contribution in [3.63, 3.8) is 0 Å². The van der Waals surface area contributed by atoms with Crippen LogP contribution < -0.4 is 0 Å². The molecular formula is C23H24N4O2. The van der Waals surface area contributed by atoms with Crippen LogP contribution in [0.1, 0.15) is 23.2 Å².